The van der Waals surface area contributed by atoms with Crippen LogP contribution < -0.4 is 0 Å². The van der Waals surface area contributed by atoms with Crippen molar-refractivity contribution < 1.29 is 9.90 Å². The lowest BCUT2D eigenvalue weighted by Gasteiger charge is -2.13. The summed E-state index contributed by atoms with van der Waals surface area (Å²) in [4.78, 5) is 10.9. The molecular weight excluding hydrogens is 252 g/mol. The highest BCUT2D eigenvalue weighted by molar-refractivity contribution is 5.69. The molecular formula is C16H20N2O2. The van der Waals surface area contributed by atoms with Gasteiger partial charge in [-0.15, -0.1) is 0 Å². The number of benzene rings is 1. The Morgan fingerprint density at radius 2 is 2.05 bits per heavy atom. The third kappa shape index (κ3) is 2.74. The van der Waals surface area contributed by atoms with Gasteiger partial charge in [-0.05, 0) is 43.0 Å². The van der Waals surface area contributed by atoms with Crippen molar-refractivity contribution in [2.24, 2.45) is 0 Å². The van der Waals surface area contributed by atoms with E-state index in [1.807, 2.05) is 22.9 Å². The molecule has 20 heavy (non-hydrogen) atoms. The van der Waals surface area contributed by atoms with Gasteiger partial charge in [-0.3, -0.25) is 4.79 Å². The molecule has 1 heterocycles. The lowest BCUT2D eigenvalue weighted by molar-refractivity contribution is -0.136. The zero-order chi connectivity index (χ0) is 14.9. The van der Waals surface area contributed by atoms with Crippen LogP contribution >= 0.6 is 0 Å². The number of carbonyl (C=O) groups is 1. The van der Waals surface area contributed by atoms with Crippen molar-refractivity contribution >= 4 is 5.97 Å². The summed E-state index contributed by atoms with van der Waals surface area (Å²) in [5.41, 5.74) is 5.02. The molecule has 0 amide bonds. The lowest BCUT2D eigenvalue weighted by Crippen LogP contribution is -2.07. The zero-order valence-electron chi connectivity index (χ0n) is 12.3. The number of aromatic nitrogens is 2. The zero-order valence-corrected chi connectivity index (χ0v) is 12.3. The maximum Gasteiger partial charge on any atom is 0.309 e. The molecule has 0 aliphatic carbocycles. The first kappa shape index (κ1) is 14.3. The summed E-state index contributed by atoms with van der Waals surface area (Å²) in [6.07, 6.45) is -0.0441. The Kier molecular flexibility index (Phi) is 3.93. The summed E-state index contributed by atoms with van der Waals surface area (Å²) >= 11 is 0. The standard InChI is InChI=1S/C16H20N2O2/c1-10(2)15-8-13(9-16(19)20)17-18(15)14-7-5-6-11(3)12(14)4/h5-8,10H,9H2,1-4H3,(H,19,20). The summed E-state index contributed by atoms with van der Waals surface area (Å²) in [7, 11) is 0. The van der Waals surface area contributed by atoms with Crippen LogP contribution in [0.1, 0.15) is 42.3 Å². The van der Waals surface area contributed by atoms with E-state index in [0.29, 0.717) is 5.69 Å². The average Bonchev–Trinajstić information content (AvgIpc) is 2.75. The number of hydrogen-bond acceptors (Lipinski definition) is 2. The van der Waals surface area contributed by atoms with Gasteiger partial charge in [0.05, 0.1) is 17.8 Å². The van der Waals surface area contributed by atoms with Crippen molar-refractivity contribution in [1.82, 2.24) is 9.78 Å². The summed E-state index contributed by atoms with van der Waals surface area (Å²) < 4.78 is 1.88. The van der Waals surface area contributed by atoms with Crippen LogP contribution in [-0.2, 0) is 11.2 Å². The minimum Gasteiger partial charge on any atom is -0.481 e. The normalized spacial score (nSPS) is 11.1. The predicted octanol–water partition coefficient (Wildman–Crippen LogP) is 3.24. The summed E-state index contributed by atoms with van der Waals surface area (Å²) in [6, 6.07) is 7.97. The molecule has 2 aromatic rings. The summed E-state index contributed by atoms with van der Waals surface area (Å²) in [5.74, 6) is -0.573. The Balaban J connectivity index is 2.57. The monoisotopic (exact) mass is 272 g/mol. The highest BCUT2D eigenvalue weighted by Gasteiger charge is 2.16. The maximum atomic E-state index is 10.9. The SMILES string of the molecule is Cc1cccc(-n2nc(CC(=O)O)cc2C(C)C)c1C. The molecule has 4 heteroatoms. The summed E-state index contributed by atoms with van der Waals surface area (Å²) in [6.45, 7) is 8.30. The minimum atomic E-state index is -0.856. The number of carboxylic acid groups (broad SMARTS) is 1. The quantitative estimate of drug-likeness (QED) is 0.929. The van der Waals surface area contributed by atoms with E-state index in [4.69, 9.17) is 5.11 Å². The Hall–Kier alpha value is -2.10. The van der Waals surface area contributed by atoms with Crippen LogP contribution in [0.3, 0.4) is 0 Å². The van der Waals surface area contributed by atoms with Gasteiger partial charge < -0.3 is 5.11 Å². The van der Waals surface area contributed by atoms with E-state index in [2.05, 4.69) is 38.9 Å². The van der Waals surface area contributed by atoms with Crippen LogP contribution in [0.25, 0.3) is 5.69 Å². The molecule has 0 fully saturated rings. The van der Waals surface area contributed by atoms with E-state index < -0.39 is 5.97 Å². The molecule has 1 aromatic carbocycles. The van der Waals surface area contributed by atoms with Gasteiger partial charge in [0, 0.05) is 5.69 Å². The van der Waals surface area contributed by atoms with Crippen LogP contribution in [0.5, 0.6) is 0 Å². The molecule has 2 rings (SSSR count). The summed E-state index contributed by atoms with van der Waals surface area (Å²) in [5, 5.41) is 13.4. The van der Waals surface area contributed by atoms with E-state index in [0.717, 1.165) is 11.4 Å². The highest BCUT2D eigenvalue weighted by atomic mass is 16.4. The van der Waals surface area contributed by atoms with Gasteiger partial charge in [0.1, 0.15) is 0 Å². The molecule has 0 aliphatic heterocycles. The fourth-order valence-corrected chi connectivity index (χ4v) is 2.26. The first-order valence-corrected chi connectivity index (χ1v) is 6.77. The molecule has 0 spiro atoms. The van der Waals surface area contributed by atoms with Crippen LogP contribution in [0.15, 0.2) is 24.3 Å². The van der Waals surface area contributed by atoms with Gasteiger partial charge in [0.25, 0.3) is 0 Å². The highest BCUT2D eigenvalue weighted by Crippen LogP contribution is 2.24. The van der Waals surface area contributed by atoms with Gasteiger partial charge in [-0.2, -0.15) is 5.10 Å². The molecule has 0 aliphatic rings. The van der Waals surface area contributed by atoms with Crippen LogP contribution in [0.4, 0.5) is 0 Å². The molecule has 0 bridgehead atoms. The molecule has 0 saturated carbocycles. The van der Waals surface area contributed by atoms with Crippen molar-refractivity contribution in [3.63, 3.8) is 0 Å². The second-order valence-corrected chi connectivity index (χ2v) is 5.42. The average molecular weight is 272 g/mol. The first-order chi connectivity index (χ1) is 9.40. The smallest absolute Gasteiger partial charge is 0.309 e. The second-order valence-electron chi connectivity index (χ2n) is 5.42. The van der Waals surface area contributed by atoms with Gasteiger partial charge in [0.2, 0.25) is 0 Å². The first-order valence-electron chi connectivity index (χ1n) is 6.77. The number of nitrogens with zero attached hydrogens (tertiary/aromatic N) is 2. The van der Waals surface area contributed by atoms with Gasteiger partial charge in [0.15, 0.2) is 0 Å². The van der Waals surface area contributed by atoms with Crippen molar-refractivity contribution in [3.8, 4) is 5.69 Å². The minimum absolute atomic E-state index is 0.0441. The van der Waals surface area contributed by atoms with Crippen molar-refractivity contribution in [2.45, 2.75) is 40.0 Å². The predicted molar refractivity (Wildman–Crippen MR) is 78.5 cm³/mol. The fraction of sp³-hybridized carbons (Fsp3) is 0.375. The molecule has 0 atom stereocenters. The van der Waals surface area contributed by atoms with Crippen LogP contribution in [0, 0.1) is 13.8 Å². The third-order valence-corrected chi connectivity index (χ3v) is 3.52. The molecule has 1 N–H and O–H groups in total. The van der Waals surface area contributed by atoms with Gasteiger partial charge >= 0.3 is 5.97 Å². The Morgan fingerprint density at radius 3 is 2.65 bits per heavy atom. The van der Waals surface area contributed by atoms with Gasteiger partial charge in [-0.25, -0.2) is 4.68 Å². The Morgan fingerprint density at radius 1 is 1.35 bits per heavy atom. The number of carboxylic acids is 1. The van der Waals surface area contributed by atoms with Crippen molar-refractivity contribution in [2.75, 3.05) is 0 Å². The van der Waals surface area contributed by atoms with Crippen LogP contribution in [-0.4, -0.2) is 20.9 Å². The van der Waals surface area contributed by atoms with Gasteiger partial charge in [-0.1, -0.05) is 26.0 Å². The van der Waals surface area contributed by atoms with E-state index in [9.17, 15) is 4.79 Å². The molecule has 106 valence electrons. The molecule has 0 radical (unpaired) electrons. The van der Waals surface area contributed by atoms with Crippen molar-refractivity contribution in [3.05, 3.63) is 46.8 Å². The Labute approximate surface area is 119 Å². The molecule has 0 saturated heterocycles. The number of hydrogen-bond donors (Lipinski definition) is 1. The number of rotatable bonds is 4. The molecule has 0 unspecified atom stereocenters. The van der Waals surface area contributed by atoms with E-state index in [1.165, 1.54) is 11.1 Å². The Bertz CT molecular complexity index is 642. The largest absolute Gasteiger partial charge is 0.481 e. The van der Waals surface area contributed by atoms with Crippen LogP contribution in [0.2, 0.25) is 0 Å². The molecule has 4 nitrogen and oxygen atoms in total. The van der Waals surface area contributed by atoms with Crippen molar-refractivity contribution in [1.29, 1.82) is 0 Å². The van der Waals surface area contributed by atoms with E-state index in [1.54, 1.807) is 0 Å². The molecule has 1 aromatic heterocycles. The fourth-order valence-electron chi connectivity index (χ4n) is 2.26. The second kappa shape index (κ2) is 5.49. The third-order valence-electron chi connectivity index (χ3n) is 3.52. The maximum absolute atomic E-state index is 10.9. The van der Waals surface area contributed by atoms with E-state index >= 15 is 0 Å². The van der Waals surface area contributed by atoms with E-state index in [-0.39, 0.29) is 12.3 Å². The topological polar surface area (TPSA) is 55.1 Å². The lowest BCUT2D eigenvalue weighted by atomic mass is 10.1. The number of aryl methyl sites for hydroxylation is 1. The number of aliphatic carboxylic acids is 1.